The number of allylic oxidation sites excluding steroid dienone is 4. The molecule has 0 aliphatic carbocycles. The number of nitrogens with zero attached hydrogens (tertiary/aromatic N) is 3. The average Bonchev–Trinajstić information content (AvgIpc) is 3.60. The number of thiophene rings is 1. The first kappa shape index (κ1) is 28.1. The molecule has 1 fully saturated rings. The maximum absolute atomic E-state index is 13.0. The van der Waals surface area contributed by atoms with Gasteiger partial charge >= 0.3 is 0 Å². The van der Waals surface area contributed by atoms with Gasteiger partial charge in [0.05, 0.1) is 23.1 Å². The number of benzene rings is 1. The third-order valence-corrected chi connectivity index (χ3v) is 9.84. The van der Waals surface area contributed by atoms with E-state index in [0.29, 0.717) is 22.2 Å². The third-order valence-electron chi connectivity index (χ3n) is 6.44. The van der Waals surface area contributed by atoms with Crippen LogP contribution in [0.3, 0.4) is 0 Å². The van der Waals surface area contributed by atoms with Crippen molar-refractivity contribution in [1.29, 1.82) is 5.41 Å². The molecule has 1 aliphatic rings. The number of H-pyrrole nitrogens is 1. The van der Waals surface area contributed by atoms with Crippen molar-refractivity contribution >= 4 is 63.0 Å². The van der Waals surface area contributed by atoms with Crippen LogP contribution >= 0.6 is 24.0 Å². The van der Waals surface area contributed by atoms with Crippen LogP contribution < -0.4 is 4.31 Å². The largest absolute Gasteiger partial charge is 0.352 e. The summed E-state index contributed by atoms with van der Waals surface area (Å²) in [4.78, 5) is 11.1. The maximum atomic E-state index is 13.0. The highest BCUT2D eigenvalue weighted by Crippen LogP contribution is 2.31. The van der Waals surface area contributed by atoms with Crippen LogP contribution in [0.15, 0.2) is 86.4 Å². The normalized spacial score (nSPS) is 16.4. The van der Waals surface area contributed by atoms with Gasteiger partial charge in [0.15, 0.2) is 0 Å². The van der Waals surface area contributed by atoms with Gasteiger partial charge in [0.1, 0.15) is 4.21 Å². The molecule has 0 atom stereocenters. The number of anilines is 1. The molecule has 1 aromatic carbocycles. The number of aromatic amines is 1. The van der Waals surface area contributed by atoms with Crippen LogP contribution in [-0.2, 0) is 10.0 Å². The van der Waals surface area contributed by atoms with Gasteiger partial charge in [-0.3, -0.25) is 14.2 Å². The van der Waals surface area contributed by atoms with Crippen molar-refractivity contribution in [2.75, 3.05) is 31.0 Å². The minimum atomic E-state index is -3.63. The van der Waals surface area contributed by atoms with Gasteiger partial charge in [0.25, 0.3) is 10.0 Å². The fourth-order valence-corrected chi connectivity index (χ4v) is 7.03. The first-order valence-corrected chi connectivity index (χ1v) is 15.2. The Balaban J connectivity index is 1.35. The molecule has 2 N–H and O–H groups in total. The van der Waals surface area contributed by atoms with Gasteiger partial charge < -0.3 is 10.4 Å². The number of likely N-dealkylation sites (tertiary alicyclic amines) is 1. The fraction of sp³-hybridized carbons (Fsp3) is 0.286. The Morgan fingerprint density at radius 3 is 2.82 bits per heavy atom. The summed E-state index contributed by atoms with van der Waals surface area (Å²) < 4.78 is 27.7. The number of piperidine rings is 1. The molecule has 0 unspecified atom stereocenters. The van der Waals surface area contributed by atoms with Crippen LogP contribution in [0.4, 0.5) is 5.69 Å². The van der Waals surface area contributed by atoms with Gasteiger partial charge in [-0.15, -0.1) is 24.0 Å². The Labute approximate surface area is 234 Å². The molecule has 4 rings (SSSR count). The fourth-order valence-electron chi connectivity index (χ4n) is 4.39. The third kappa shape index (κ3) is 7.13. The molecule has 0 radical (unpaired) electrons. The number of aromatic nitrogens is 1. The lowest BCUT2D eigenvalue weighted by Crippen LogP contribution is -2.34. The molecule has 0 spiro atoms. The Hall–Kier alpha value is -2.92. The number of aliphatic imine (C=N–C) groups is 1. The van der Waals surface area contributed by atoms with E-state index in [1.165, 1.54) is 21.9 Å². The number of thiol groups is 1. The molecule has 10 heteroatoms. The molecule has 3 aromatic rings. The molecule has 2 aromatic heterocycles. The minimum absolute atomic E-state index is 0.310. The number of fused-ring (bicyclic) bond motifs is 1. The average molecular weight is 568 g/mol. The van der Waals surface area contributed by atoms with Crippen LogP contribution in [0, 0.1) is 11.3 Å². The number of nitrogens with one attached hydrogen (secondary N) is 2. The summed E-state index contributed by atoms with van der Waals surface area (Å²) in [5, 5.41) is 9.71. The molecular formula is C28H33N5O2S3. The number of hydrogen-bond acceptors (Lipinski definition) is 7. The molecule has 1 saturated heterocycles. The van der Waals surface area contributed by atoms with Crippen LogP contribution in [0.1, 0.15) is 25.0 Å². The van der Waals surface area contributed by atoms with E-state index in [-0.39, 0.29) is 0 Å². The molecule has 0 saturated carbocycles. The summed E-state index contributed by atoms with van der Waals surface area (Å²) in [5.74, 6) is 0.590. The molecular weight excluding hydrogens is 535 g/mol. The van der Waals surface area contributed by atoms with Crippen LogP contribution in [-0.4, -0.2) is 57.4 Å². The summed E-state index contributed by atoms with van der Waals surface area (Å²) in [7, 11) is -2.05. The van der Waals surface area contributed by atoms with Gasteiger partial charge in [0.2, 0.25) is 0 Å². The van der Waals surface area contributed by atoms with Gasteiger partial charge in [-0.2, -0.15) is 0 Å². The SMILES string of the molecule is CN(c1cccc2cc(C=N/C=C(\S)CN3CCC(/C=C/C=CCC=N)CC3)[nH]c12)S(=O)(=O)c1cccs1. The van der Waals surface area contributed by atoms with Crippen molar-refractivity contribution in [3.8, 4) is 0 Å². The Morgan fingerprint density at radius 1 is 1.26 bits per heavy atom. The number of sulfonamides is 1. The van der Waals surface area contributed by atoms with E-state index < -0.39 is 10.0 Å². The molecule has 3 heterocycles. The first-order valence-electron chi connectivity index (χ1n) is 12.5. The van der Waals surface area contributed by atoms with Crippen LogP contribution in [0.5, 0.6) is 0 Å². The van der Waals surface area contributed by atoms with Crippen molar-refractivity contribution < 1.29 is 8.42 Å². The maximum Gasteiger partial charge on any atom is 0.273 e. The highest BCUT2D eigenvalue weighted by atomic mass is 32.2. The van der Waals surface area contributed by atoms with Crippen molar-refractivity contribution in [1.82, 2.24) is 9.88 Å². The highest BCUT2D eigenvalue weighted by molar-refractivity contribution is 7.94. The highest BCUT2D eigenvalue weighted by Gasteiger charge is 2.24. The molecule has 7 nitrogen and oxygen atoms in total. The second-order valence-electron chi connectivity index (χ2n) is 9.14. The van der Waals surface area contributed by atoms with E-state index >= 15 is 0 Å². The standard InChI is InChI=1S/C28H33N5O2S3/c1-32(38(34,35)27-11-7-17-37-27)26-10-6-9-23-18-24(31-28(23)26)19-30-20-25(36)21-33-15-12-22(13-16-33)8-4-2-3-5-14-29/h2-4,6-11,14,17-20,22,29,31,36H,5,12-13,15-16,21H2,1H3/b3-2?,8-4+,25-20-,29-14?,30-19?. The molecule has 0 amide bonds. The number of hydrogen-bond donors (Lipinski definition) is 3. The number of rotatable bonds is 11. The lowest BCUT2D eigenvalue weighted by atomic mass is 9.96. The van der Waals surface area contributed by atoms with E-state index in [4.69, 9.17) is 5.41 Å². The summed E-state index contributed by atoms with van der Waals surface area (Å²) in [5.41, 5.74) is 2.12. The summed E-state index contributed by atoms with van der Waals surface area (Å²) in [6, 6.07) is 10.9. The van der Waals surface area contributed by atoms with E-state index in [2.05, 4.69) is 39.7 Å². The zero-order valence-electron chi connectivity index (χ0n) is 21.3. The first-order chi connectivity index (χ1) is 18.4. The minimum Gasteiger partial charge on any atom is -0.352 e. The van der Waals surface area contributed by atoms with E-state index in [0.717, 1.165) is 54.0 Å². The monoisotopic (exact) mass is 567 g/mol. The van der Waals surface area contributed by atoms with Crippen LogP contribution in [0.25, 0.3) is 10.9 Å². The second-order valence-corrected chi connectivity index (χ2v) is 12.9. The zero-order valence-corrected chi connectivity index (χ0v) is 23.9. The molecule has 1 aliphatic heterocycles. The molecule has 0 bridgehead atoms. The van der Waals surface area contributed by atoms with E-state index in [9.17, 15) is 8.42 Å². The predicted molar refractivity (Wildman–Crippen MR) is 164 cm³/mol. The Bertz CT molecular complexity index is 1440. The van der Waals surface area contributed by atoms with E-state index in [1.807, 2.05) is 30.4 Å². The van der Waals surface area contributed by atoms with Gasteiger partial charge in [-0.1, -0.05) is 42.5 Å². The quantitative estimate of drug-likeness (QED) is 0.148. The lowest BCUT2D eigenvalue weighted by molar-refractivity contribution is 0.221. The lowest BCUT2D eigenvalue weighted by Gasteiger charge is -2.30. The zero-order chi connectivity index (χ0) is 27.0. The summed E-state index contributed by atoms with van der Waals surface area (Å²) in [6.07, 6.45) is 16.2. The summed E-state index contributed by atoms with van der Waals surface area (Å²) >= 11 is 5.84. The van der Waals surface area contributed by atoms with Crippen molar-refractivity contribution in [3.63, 3.8) is 0 Å². The molecule has 38 heavy (non-hydrogen) atoms. The summed E-state index contributed by atoms with van der Waals surface area (Å²) in [6.45, 7) is 2.80. The Kier molecular flexibility index (Phi) is 9.79. The number of para-hydroxylation sites is 1. The second kappa shape index (κ2) is 13.2. The van der Waals surface area contributed by atoms with Crippen molar-refractivity contribution in [2.24, 2.45) is 10.9 Å². The van der Waals surface area contributed by atoms with Gasteiger partial charge in [0, 0.05) is 36.5 Å². The van der Waals surface area contributed by atoms with Crippen molar-refractivity contribution in [3.05, 3.63) is 82.9 Å². The van der Waals surface area contributed by atoms with Gasteiger partial charge in [-0.05, 0) is 61.6 Å². The van der Waals surface area contributed by atoms with E-state index in [1.54, 1.807) is 43.0 Å². The Morgan fingerprint density at radius 2 is 2.08 bits per heavy atom. The van der Waals surface area contributed by atoms with Gasteiger partial charge in [-0.25, -0.2) is 8.42 Å². The predicted octanol–water partition coefficient (Wildman–Crippen LogP) is 6.11. The topological polar surface area (TPSA) is 92.6 Å². The smallest absolute Gasteiger partial charge is 0.273 e. The van der Waals surface area contributed by atoms with Crippen LogP contribution in [0.2, 0.25) is 0 Å². The van der Waals surface area contributed by atoms with Crippen molar-refractivity contribution in [2.45, 2.75) is 23.5 Å². The molecule has 200 valence electrons.